The van der Waals surface area contributed by atoms with E-state index < -0.39 is 0 Å². The lowest BCUT2D eigenvalue weighted by Gasteiger charge is -2.16. The van der Waals surface area contributed by atoms with Crippen LogP contribution in [-0.4, -0.2) is 20.7 Å². The molecule has 0 bridgehead atoms. The molecular formula is C18H19N5OS. The van der Waals surface area contributed by atoms with E-state index in [1.165, 1.54) is 23.4 Å². The fraction of sp³-hybridized carbons (Fsp3) is 0.333. The number of nitrogens with two attached hydrogens (primary N) is 1. The maximum atomic E-state index is 8.94. The first kappa shape index (κ1) is 17.2. The van der Waals surface area contributed by atoms with E-state index in [9.17, 15) is 0 Å². The van der Waals surface area contributed by atoms with E-state index in [1.807, 2.05) is 12.3 Å². The van der Waals surface area contributed by atoms with Crippen molar-refractivity contribution < 1.29 is 4.42 Å². The van der Waals surface area contributed by atoms with Gasteiger partial charge in [0, 0.05) is 28.5 Å². The van der Waals surface area contributed by atoms with Gasteiger partial charge in [-0.25, -0.2) is 9.97 Å². The molecule has 128 valence electrons. The molecule has 0 saturated heterocycles. The van der Waals surface area contributed by atoms with Gasteiger partial charge in [0.1, 0.15) is 17.6 Å². The average Bonchev–Trinajstić information content (AvgIpc) is 2.97. The highest BCUT2D eigenvalue weighted by Gasteiger charge is 2.20. The van der Waals surface area contributed by atoms with Crippen LogP contribution in [0.4, 0.5) is 5.82 Å². The summed E-state index contributed by atoms with van der Waals surface area (Å²) >= 11 is 1.46. The Bertz CT molecular complexity index is 952. The summed E-state index contributed by atoms with van der Waals surface area (Å²) in [5.41, 5.74) is 8.95. The van der Waals surface area contributed by atoms with Gasteiger partial charge in [-0.1, -0.05) is 32.5 Å². The number of nitrogen functional groups attached to an aromatic ring is 1. The van der Waals surface area contributed by atoms with Crippen LogP contribution in [0, 0.1) is 11.3 Å². The maximum absolute atomic E-state index is 8.94. The largest absolute Gasteiger partial charge is 0.462 e. The summed E-state index contributed by atoms with van der Waals surface area (Å²) in [7, 11) is 0. The molecule has 0 aromatic carbocycles. The Morgan fingerprint density at radius 1 is 1.28 bits per heavy atom. The van der Waals surface area contributed by atoms with Gasteiger partial charge in [-0.15, -0.1) is 0 Å². The molecular weight excluding hydrogens is 334 g/mol. The minimum Gasteiger partial charge on any atom is -0.462 e. The first-order chi connectivity index (χ1) is 11.9. The zero-order valence-electron chi connectivity index (χ0n) is 14.4. The minimum absolute atomic E-state index is 0.0156. The molecule has 0 radical (unpaired) electrons. The van der Waals surface area contributed by atoms with Crippen molar-refractivity contribution in [2.24, 2.45) is 0 Å². The van der Waals surface area contributed by atoms with Crippen LogP contribution < -0.4 is 5.73 Å². The van der Waals surface area contributed by atoms with E-state index in [0.717, 1.165) is 28.8 Å². The molecule has 0 atom stereocenters. The summed E-state index contributed by atoms with van der Waals surface area (Å²) in [6, 6.07) is 5.54. The van der Waals surface area contributed by atoms with Gasteiger partial charge in [-0.2, -0.15) is 5.26 Å². The van der Waals surface area contributed by atoms with E-state index in [2.05, 4.69) is 41.8 Å². The SMILES string of the molecule is CC(C)(C)c1coc2cnc(CCSc3nc(N)cc(C#N)n3)cc12. The number of pyridine rings is 1. The van der Waals surface area contributed by atoms with Crippen molar-refractivity contribution in [3.05, 3.63) is 41.5 Å². The molecule has 0 saturated carbocycles. The van der Waals surface area contributed by atoms with Crippen LogP contribution in [0.1, 0.15) is 37.7 Å². The van der Waals surface area contributed by atoms with E-state index in [0.29, 0.717) is 11.0 Å². The number of aromatic nitrogens is 3. The number of rotatable bonds is 4. The van der Waals surface area contributed by atoms with Crippen LogP contribution >= 0.6 is 11.8 Å². The molecule has 0 spiro atoms. The summed E-state index contributed by atoms with van der Waals surface area (Å²) in [4.78, 5) is 12.8. The zero-order chi connectivity index (χ0) is 18.0. The Balaban J connectivity index is 1.73. The molecule has 0 unspecified atom stereocenters. The molecule has 0 aliphatic carbocycles. The Morgan fingerprint density at radius 3 is 2.80 bits per heavy atom. The van der Waals surface area contributed by atoms with Crippen molar-refractivity contribution >= 4 is 28.5 Å². The van der Waals surface area contributed by atoms with Crippen LogP contribution in [0.15, 0.2) is 34.2 Å². The van der Waals surface area contributed by atoms with Crippen molar-refractivity contribution in [3.8, 4) is 6.07 Å². The molecule has 3 aromatic heterocycles. The molecule has 25 heavy (non-hydrogen) atoms. The van der Waals surface area contributed by atoms with E-state index in [-0.39, 0.29) is 11.1 Å². The predicted molar refractivity (Wildman–Crippen MR) is 98.3 cm³/mol. The van der Waals surface area contributed by atoms with Gasteiger partial charge in [0.25, 0.3) is 0 Å². The number of aryl methyl sites for hydroxylation is 1. The molecule has 6 nitrogen and oxygen atoms in total. The Labute approximate surface area is 150 Å². The molecule has 0 fully saturated rings. The van der Waals surface area contributed by atoms with Gasteiger partial charge >= 0.3 is 0 Å². The highest BCUT2D eigenvalue weighted by Crippen LogP contribution is 2.31. The molecule has 3 aromatic rings. The second-order valence-corrected chi connectivity index (χ2v) is 7.80. The standard InChI is InChI=1S/C18H19N5OS/c1-18(2,3)14-10-24-15-9-21-11(6-13(14)15)4-5-25-17-22-12(8-19)7-16(20)23-17/h6-7,9-10H,4-5H2,1-3H3,(H2,20,22,23). The molecule has 2 N–H and O–H groups in total. The predicted octanol–water partition coefficient (Wildman–Crippen LogP) is 3.70. The Morgan fingerprint density at radius 2 is 2.08 bits per heavy atom. The Hall–Kier alpha value is -2.59. The zero-order valence-corrected chi connectivity index (χ0v) is 15.2. The van der Waals surface area contributed by atoms with Gasteiger partial charge in [-0.05, 0) is 17.9 Å². The lowest BCUT2D eigenvalue weighted by Crippen LogP contribution is -2.10. The van der Waals surface area contributed by atoms with Crippen LogP contribution in [0.25, 0.3) is 11.0 Å². The lowest BCUT2D eigenvalue weighted by molar-refractivity contribution is 0.557. The number of hydrogen-bond acceptors (Lipinski definition) is 7. The number of fused-ring (bicyclic) bond motifs is 1. The summed E-state index contributed by atoms with van der Waals surface area (Å²) in [6.07, 6.45) is 4.35. The number of furan rings is 1. The lowest BCUT2D eigenvalue weighted by atomic mass is 9.87. The van der Waals surface area contributed by atoms with E-state index in [1.54, 1.807) is 6.20 Å². The third-order valence-corrected chi connectivity index (χ3v) is 4.60. The van der Waals surface area contributed by atoms with Crippen molar-refractivity contribution in [2.75, 3.05) is 11.5 Å². The summed E-state index contributed by atoms with van der Waals surface area (Å²) < 4.78 is 5.61. The normalized spacial score (nSPS) is 11.6. The monoisotopic (exact) mass is 353 g/mol. The van der Waals surface area contributed by atoms with Gasteiger partial charge in [0.05, 0.1) is 12.5 Å². The third kappa shape index (κ3) is 3.91. The average molecular weight is 353 g/mol. The number of hydrogen-bond donors (Lipinski definition) is 1. The first-order valence-corrected chi connectivity index (χ1v) is 8.89. The second-order valence-electron chi connectivity index (χ2n) is 6.74. The van der Waals surface area contributed by atoms with Crippen molar-refractivity contribution in [1.29, 1.82) is 5.26 Å². The number of nitriles is 1. The summed E-state index contributed by atoms with van der Waals surface area (Å²) in [5.74, 6) is 1.05. The van der Waals surface area contributed by atoms with Crippen LogP contribution in [0.2, 0.25) is 0 Å². The second kappa shape index (κ2) is 6.73. The third-order valence-electron chi connectivity index (χ3n) is 3.76. The van der Waals surface area contributed by atoms with E-state index >= 15 is 0 Å². The van der Waals surface area contributed by atoms with Crippen LogP contribution in [-0.2, 0) is 11.8 Å². The molecule has 0 amide bonds. The summed E-state index contributed by atoms with van der Waals surface area (Å²) in [5, 5.41) is 10.6. The number of thioether (sulfide) groups is 1. The molecule has 3 rings (SSSR count). The van der Waals surface area contributed by atoms with Gasteiger partial charge in [0.15, 0.2) is 10.7 Å². The van der Waals surface area contributed by atoms with Gasteiger partial charge in [-0.3, -0.25) is 4.98 Å². The molecule has 3 heterocycles. The molecule has 0 aliphatic heterocycles. The quantitative estimate of drug-likeness (QED) is 0.563. The minimum atomic E-state index is 0.0156. The Kier molecular flexibility index (Phi) is 4.64. The maximum Gasteiger partial charge on any atom is 0.190 e. The van der Waals surface area contributed by atoms with Crippen LogP contribution in [0.3, 0.4) is 0 Å². The molecule has 7 heteroatoms. The van der Waals surface area contributed by atoms with Crippen molar-refractivity contribution in [3.63, 3.8) is 0 Å². The van der Waals surface area contributed by atoms with Gasteiger partial charge < -0.3 is 10.2 Å². The topological polar surface area (TPSA) is 102 Å². The van der Waals surface area contributed by atoms with Gasteiger partial charge in [0.2, 0.25) is 0 Å². The fourth-order valence-electron chi connectivity index (χ4n) is 2.51. The van der Waals surface area contributed by atoms with Crippen LogP contribution in [0.5, 0.6) is 0 Å². The number of anilines is 1. The number of nitrogens with zero attached hydrogens (tertiary/aromatic N) is 4. The molecule has 0 aliphatic rings. The fourth-order valence-corrected chi connectivity index (χ4v) is 3.33. The summed E-state index contributed by atoms with van der Waals surface area (Å²) in [6.45, 7) is 6.49. The smallest absolute Gasteiger partial charge is 0.190 e. The van der Waals surface area contributed by atoms with Crippen molar-refractivity contribution in [1.82, 2.24) is 15.0 Å². The highest BCUT2D eigenvalue weighted by molar-refractivity contribution is 7.99. The van der Waals surface area contributed by atoms with Crippen molar-refractivity contribution in [2.45, 2.75) is 37.8 Å². The highest BCUT2D eigenvalue weighted by atomic mass is 32.2. The first-order valence-electron chi connectivity index (χ1n) is 7.91. The van der Waals surface area contributed by atoms with E-state index in [4.69, 9.17) is 15.4 Å².